The van der Waals surface area contributed by atoms with Crippen LogP contribution in [0.3, 0.4) is 0 Å². The molecule has 158 valence electrons. The number of aromatic amines is 1. The lowest BCUT2D eigenvalue weighted by Crippen LogP contribution is -2.21. The number of rotatable bonds is 5. The number of carbonyl (C=O) groups is 2. The molecule has 0 aliphatic carbocycles. The van der Waals surface area contributed by atoms with Gasteiger partial charge < -0.3 is 18.9 Å². The molecule has 0 aliphatic heterocycles. The molecule has 3 aromatic heterocycles. The van der Waals surface area contributed by atoms with E-state index in [0.29, 0.717) is 33.8 Å². The van der Waals surface area contributed by atoms with Crippen LogP contribution in [0.4, 0.5) is 0 Å². The second-order valence-corrected chi connectivity index (χ2v) is 7.23. The van der Waals surface area contributed by atoms with E-state index in [9.17, 15) is 14.4 Å². The number of aryl methyl sites for hydroxylation is 1. The van der Waals surface area contributed by atoms with Crippen LogP contribution in [0.25, 0.3) is 16.4 Å². The smallest absolute Gasteiger partial charge is 0.343 e. The van der Waals surface area contributed by atoms with E-state index in [2.05, 4.69) is 4.98 Å². The molecule has 0 amide bonds. The van der Waals surface area contributed by atoms with Gasteiger partial charge >= 0.3 is 5.97 Å². The van der Waals surface area contributed by atoms with Gasteiger partial charge in [0.25, 0.3) is 0 Å². The summed E-state index contributed by atoms with van der Waals surface area (Å²) in [6, 6.07) is 10.4. The Kier molecular flexibility index (Phi) is 5.10. The van der Waals surface area contributed by atoms with E-state index in [1.165, 1.54) is 6.07 Å². The Morgan fingerprint density at radius 2 is 1.90 bits per heavy atom. The number of esters is 1. The van der Waals surface area contributed by atoms with Gasteiger partial charge in [-0.25, -0.2) is 4.79 Å². The SMILES string of the molecule is CCOC(=O)c1c(C)[nH]c2ccc(C(=O)c3c(C)c(OC)c4ccccn34)cc2c1=O. The Morgan fingerprint density at radius 3 is 2.61 bits per heavy atom. The number of ether oxygens (including phenoxy) is 2. The zero-order valence-electron chi connectivity index (χ0n) is 17.7. The number of hydrogen-bond acceptors (Lipinski definition) is 5. The number of H-pyrrole nitrogens is 1. The third-order valence-corrected chi connectivity index (χ3v) is 5.38. The van der Waals surface area contributed by atoms with Gasteiger partial charge in [-0.3, -0.25) is 9.59 Å². The van der Waals surface area contributed by atoms with Crippen molar-refractivity contribution in [2.24, 2.45) is 0 Å². The zero-order valence-corrected chi connectivity index (χ0v) is 17.7. The van der Waals surface area contributed by atoms with Crippen LogP contribution in [0.2, 0.25) is 0 Å². The molecular formula is C24H22N2O5. The van der Waals surface area contributed by atoms with Gasteiger partial charge in [0.2, 0.25) is 11.2 Å². The van der Waals surface area contributed by atoms with E-state index >= 15 is 0 Å². The fourth-order valence-corrected chi connectivity index (χ4v) is 3.98. The number of carbonyl (C=O) groups excluding carboxylic acids is 2. The van der Waals surface area contributed by atoms with Gasteiger partial charge in [0, 0.05) is 33.9 Å². The van der Waals surface area contributed by atoms with Crippen LogP contribution < -0.4 is 10.2 Å². The first-order valence-corrected chi connectivity index (χ1v) is 9.91. The van der Waals surface area contributed by atoms with E-state index in [-0.39, 0.29) is 23.3 Å². The molecule has 0 bridgehead atoms. The fourth-order valence-electron chi connectivity index (χ4n) is 3.98. The van der Waals surface area contributed by atoms with Crippen molar-refractivity contribution in [1.29, 1.82) is 0 Å². The van der Waals surface area contributed by atoms with E-state index in [1.54, 1.807) is 43.7 Å². The third-order valence-electron chi connectivity index (χ3n) is 5.38. The van der Waals surface area contributed by atoms with Gasteiger partial charge in [-0.2, -0.15) is 0 Å². The van der Waals surface area contributed by atoms with Gasteiger partial charge in [0.1, 0.15) is 17.0 Å². The van der Waals surface area contributed by atoms with E-state index in [1.807, 2.05) is 25.1 Å². The summed E-state index contributed by atoms with van der Waals surface area (Å²) < 4.78 is 12.3. The van der Waals surface area contributed by atoms with Gasteiger partial charge in [-0.1, -0.05) is 6.07 Å². The predicted octanol–water partition coefficient (Wildman–Crippen LogP) is 3.81. The Balaban J connectivity index is 1.91. The van der Waals surface area contributed by atoms with Gasteiger partial charge in [-0.05, 0) is 51.1 Å². The van der Waals surface area contributed by atoms with E-state index in [4.69, 9.17) is 9.47 Å². The summed E-state index contributed by atoms with van der Waals surface area (Å²) in [7, 11) is 1.57. The topological polar surface area (TPSA) is 89.9 Å². The molecule has 0 saturated carbocycles. The number of methoxy groups -OCH3 is 1. The molecule has 0 fully saturated rings. The van der Waals surface area contributed by atoms with Crippen LogP contribution in [-0.4, -0.2) is 34.9 Å². The first-order chi connectivity index (χ1) is 14.9. The lowest BCUT2D eigenvalue weighted by Gasteiger charge is -2.09. The minimum absolute atomic E-state index is 0.0510. The highest BCUT2D eigenvalue weighted by atomic mass is 16.5. The summed E-state index contributed by atoms with van der Waals surface area (Å²) in [4.78, 5) is 41.9. The minimum Gasteiger partial charge on any atom is -0.494 e. The van der Waals surface area contributed by atoms with Crippen LogP contribution in [0.1, 0.15) is 44.6 Å². The highest BCUT2D eigenvalue weighted by Crippen LogP contribution is 2.32. The monoisotopic (exact) mass is 418 g/mol. The molecule has 1 N–H and O–H groups in total. The quantitative estimate of drug-likeness (QED) is 0.393. The largest absolute Gasteiger partial charge is 0.494 e. The molecule has 0 aliphatic rings. The molecule has 0 radical (unpaired) electrons. The summed E-state index contributed by atoms with van der Waals surface area (Å²) in [5.41, 5.74) is 2.74. The second kappa shape index (κ2) is 7.75. The average Bonchev–Trinajstić information content (AvgIpc) is 3.04. The summed E-state index contributed by atoms with van der Waals surface area (Å²) >= 11 is 0. The molecular weight excluding hydrogens is 396 g/mol. The van der Waals surface area contributed by atoms with Crippen molar-refractivity contribution in [3.05, 3.63) is 80.9 Å². The molecule has 4 rings (SSSR count). The minimum atomic E-state index is -0.682. The van der Waals surface area contributed by atoms with Crippen LogP contribution in [0, 0.1) is 13.8 Å². The number of pyridine rings is 2. The number of aromatic nitrogens is 2. The van der Waals surface area contributed by atoms with Crippen LogP contribution in [0.5, 0.6) is 5.75 Å². The summed E-state index contributed by atoms with van der Waals surface area (Å²) in [5.74, 6) is -0.303. The Morgan fingerprint density at radius 1 is 1.13 bits per heavy atom. The maximum Gasteiger partial charge on any atom is 0.343 e. The Bertz CT molecular complexity index is 1410. The molecule has 7 heteroatoms. The lowest BCUT2D eigenvalue weighted by atomic mass is 10.0. The summed E-state index contributed by atoms with van der Waals surface area (Å²) in [5, 5.41) is 0.255. The van der Waals surface area contributed by atoms with Crippen molar-refractivity contribution in [2.45, 2.75) is 20.8 Å². The molecule has 1 aromatic carbocycles. The highest BCUT2D eigenvalue weighted by Gasteiger charge is 2.23. The number of fused-ring (bicyclic) bond motifs is 2. The van der Waals surface area contributed by atoms with Crippen LogP contribution >= 0.6 is 0 Å². The molecule has 0 unspecified atom stereocenters. The van der Waals surface area contributed by atoms with Crippen molar-refractivity contribution in [3.8, 4) is 5.75 Å². The van der Waals surface area contributed by atoms with E-state index < -0.39 is 11.4 Å². The second-order valence-electron chi connectivity index (χ2n) is 7.23. The molecule has 31 heavy (non-hydrogen) atoms. The number of hydrogen-bond donors (Lipinski definition) is 1. The standard InChI is InChI=1S/C24H22N2O5/c1-5-31-24(29)19-14(3)25-17-10-9-15(12-16(17)22(19)28)21(27)20-13(2)23(30-4)18-8-6-7-11-26(18)20/h6-12H,5H2,1-4H3,(H,25,28). The maximum atomic E-state index is 13.5. The van der Waals surface area contributed by atoms with Crippen LogP contribution in [0.15, 0.2) is 47.4 Å². The number of benzene rings is 1. The van der Waals surface area contributed by atoms with Crippen LogP contribution in [-0.2, 0) is 4.74 Å². The fraction of sp³-hybridized carbons (Fsp3) is 0.208. The highest BCUT2D eigenvalue weighted by molar-refractivity contribution is 6.12. The molecule has 0 atom stereocenters. The normalized spacial score (nSPS) is 11.1. The maximum absolute atomic E-state index is 13.5. The van der Waals surface area contributed by atoms with Crippen molar-refractivity contribution < 1.29 is 19.1 Å². The molecule has 7 nitrogen and oxygen atoms in total. The molecule has 4 aromatic rings. The first kappa shape index (κ1) is 20.4. The van der Waals surface area contributed by atoms with Crippen molar-refractivity contribution >= 4 is 28.2 Å². The van der Waals surface area contributed by atoms with Gasteiger partial charge in [-0.15, -0.1) is 0 Å². The molecule has 3 heterocycles. The van der Waals surface area contributed by atoms with Gasteiger partial charge in [0.15, 0.2) is 0 Å². The zero-order chi connectivity index (χ0) is 22.3. The number of nitrogens with one attached hydrogen (secondary N) is 1. The van der Waals surface area contributed by atoms with E-state index in [0.717, 1.165) is 5.52 Å². The first-order valence-electron chi connectivity index (χ1n) is 9.91. The molecule has 0 spiro atoms. The third kappa shape index (κ3) is 3.18. The van der Waals surface area contributed by atoms with Crippen molar-refractivity contribution in [2.75, 3.05) is 13.7 Å². The van der Waals surface area contributed by atoms with Gasteiger partial charge in [0.05, 0.1) is 19.2 Å². The number of nitrogens with zero attached hydrogens (tertiary/aromatic N) is 1. The van der Waals surface area contributed by atoms with Crippen molar-refractivity contribution in [3.63, 3.8) is 0 Å². The summed E-state index contributed by atoms with van der Waals surface area (Å²) in [6.45, 7) is 5.32. The Labute approximate surface area is 178 Å². The summed E-state index contributed by atoms with van der Waals surface area (Å²) in [6.07, 6.45) is 1.80. The number of ketones is 1. The average molecular weight is 418 g/mol. The van der Waals surface area contributed by atoms with Crippen molar-refractivity contribution in [1.82, 2.24) is 9.38 Å². The Hall–Kier alpha value is -3.87. The lowest BCUT2D eigenvalue weighted by molar-refractivity contribution is 0.0523. The predicted molar refractivity (Wildman–Crippen MR) is 117 cm³/mol. The molecule has 0 saturated heterocycles.